The molecule has 0 aromatic heterocycles. The number of aliphatic hydroxyl groups excluding tert-OH is 2. The van der Waals surface area contributed by atoms with Crippen molar-refractivity contribution >= 4 is 35.1 Å². The zero-order chi connectivity index (χ0) is 23.0. The molecule has 166 valence electrons. The zero-order valence-corrected chi connectivity index (χ0v) is 18.6. The number of ether oxygens (including phenoxy) is 1. The number of benzene rings is 2. The Morgan fingerprint density at radius 2 is 1.71 bits per heavy atom. The van der Waals surface area contributed by atoms with Crippen molar-refractivity contribution in [3.05, 3.63) is 70.7 Å². The van der Waals surface area contributed by atoms with Crippen molar-refractivity contribution in [3.8, 4) is 11.1 Å². The molecule has 0 aliphatic heterocycles. The number of hydrogen-bond donors (Lipinski definition) is 3. The molecule has 0 aliphatic rings. The highest BCUT2D eigenvalue weighted by atomic mass is 35.5. The van der Waals surface area contributed by atoms with E-state index < -0.39 is 24.2 Å². The lowest BCUT2D eigenvalue weighted by Crippen LogP contribution is -2.52. The molecule has 0 spiro atoms. The van der Waals surface area contributed by atoms with E-state index in [-0.39, 0.29) is 25.4 Å². The maximum Gasteiger partial charge on any atom is 0.337 e. The average Bonchev–Trinajstić information content (AvgIpc) is 2.72. The van der Waals surface area contributed by atoms with Crippen LogP contribution in [0.1, 0.15) is 18.9 Å². The van der Waals surface area contributed by atoms with E-state index in [1.807, 2.05) is 24.3 Å². The highest BCUT2D eigenvalue weighted by molar-refractivity contribution is 6.35. The fraction of sp³-hybridized carbons (Fsp3) is 0.304. The Kier molecular flexibility index (Phi) is 9.52. The Morgan fingerprint density at radius 1 is 1.10 bits per heavy atom. The number of halogens is 2. The second-order valence-corrected chi connectivity index (χ2v) is 7.79. The van der Waals surface area contributed by atoms with Crippen LogP contribution in [0.15, 0.2) is 55.1 Å². The molecular formula is C23H25Cl2NO5. The number of nitrogens with one attached hydrogen (secondary N) is 1. The molecule has 0 saturated carbocycles. The van der Waals surface area contributed by atoms with Gasteiger partial charge in [0.2, 0.25) is 5.91 Å². The first-order valence-corrected chi connectivity index (χ1v) is 10.5. The van der Waals surface area contributed by atoms with Gasteiger partial charge in [-0.05, 0) is 48.2 Å². The van der Waals surface area contributed by atoms with E-state index >= 15 is 0 Å². The molecule has 0 fully saturated rings. The summed E-state index contributed by atoms with van der Waals surface area (Å²) >= 11 is 12.1. The standard InChI is InChI=1S/C23H25Cl2NO5/c1-3-5-20(27)26-19(21(28)22(29)23(30)31-4-2)10-14-6-8-15(9-7-14)16-11-17(24)13-18(25)12-16/h3,6-9,11-13,19,21-22,28-29H,1,4-5,10H2,2H3,(H,26,27)/t19-,21+,22-/m0/s1. The van der Waals surface area contributed by atoms with Crippen LogP contribution >= 0.6 is 23.2 Å². The van der Waals surface area contributed by atoms with Crippen LogP contribution in [0.5, 0.6) is 0 Å². The number of esters is 1. The predicted molar refractivity (Wildman–Crippen MR) is 121 cm³/mol. The quantitative estimate of drug-likeness (QED) is 0.368. The number of hydrogen-bond acceptors (Lipinski definition) is 5. The van der Waals surface area contributed by atoms with Gasteiger partial charge < -0.3 is 20.3 Å². The second kappa shape index (κ2) is 11.9. The lowest BCUT2D eigenvalue weighted by atomic mass is 9.95. The molecule has 0 unspecified atom stereocenters. The first kappa shape index (κ1) is 24.9. The van der Waals surface area contributed by atoms with Crippen molar-refractivity contribution in [2.45, 2.75) is 38.0 Å². The molecular weight excluding hydrogens is 441 g/mol. The van der Waals surface area contributed by atoms with Gasteiger partial charge in [0.1, 0.15) is 6.10 Å². The Labute approximate surface area is 191 Å². The summed E-state index contributed by atoms with van der Waals surface area (Å²) in [6.45, 7) is 5.16. The molecule has 3 atom stereocenters. The van der Waals surface area contributed by atoms with Crippen molar-refractivity contribution in [1.29, 1.82) is 0 Å². The molecule has 31 heavy (non-hydrogen) atoms. The van der Waals surface area contributed by atoms with Gasteiger partial charge in [-0.25, -0.2) is 4.79 Å². The van der Waals surface area contributed by atoms with Gasteiger partial charge >= 0.3 is 5.97 Å². The largest absolute Gasteiger partial charge is 0.464 e. The number of carbonyl (C=O) groups is 2. The molecule has 0 saturated heterocycles. The zero-order valence-electron chi connectivity index (χ0n) is 17.1. The average molecular weight is 466 g/mol. The SMILES string of the molecule is C=CCC(=O)N[C@@H](Cc1ccc(-c2cc(Cl)cc(Cl)c2)cc1)[C@@H](O)[C@H](O)C(=O)OCC. The third kappa shape index (κ3) is 7.36. The summed E-state index contributed by atoms with van der Waals surface area (Å²) in [5.74, 6) is -1.34. The molecule has 0 radical (unpaired) electrons. The third-order valence-electron chi connectivity index (χ3n) is 4.55. The van der Waals surface area contributed by atoms with Crippen LogP contribution in [-0.4, -0.2) is 46.9 Å². The van der Waals surface area contributed by atoms with Gasteiger partial charge in [0.25, 0.3) is 0 Å². The fourth-order valence-corrected chi connectivity index (χ4v) is 3.57. The van der Waals surface area contributed by atoms with E-state index in [9.17, 15) is 19.8 Å². The second-order valence-electron chi connectivity index (χ2n) is 6.91. The van der Waals surface area contributed by atoms with Crippen LogP contribution in [-0.2, 0) is 20.7 Å². The summed E-state index contributed by atoms with van der Waals surface area (Å²) in [6.07, 6.45) is -1.71. The molecule has 0 bridgehead atoms. The Balaban J connectivity index is 2.21. The fourth-order valence-electron chi connectivity index (χ4n) is 3.05. The molecule has 8 heteroatoms. The predicted octanol–water partition coefficient (Wildman–Crippen LogP) is 3.55. The first-order valence-electron chi connectivity index (χ1n) is 9.73. The lowest BCUT2D eigenvalue weighted by molar-refractivity contribution is -0.160. The van der Waals surface area contributed by atoms with E-state index in [2.05, 4.69) is 11.9 Å². The van der Waals surface area contributed by atoms with Crippen LogP contribution in [0.25, 0.3) is 11.1 Å². The molecule has 2 aromatic carbocycles. The van der Waals surface area contributed by atoms with Gasteiger partial charge in [0.15, 0.2) is 6.10 Å². The normalized spacial score (nSPS) is 13.7. The van der Waals surface area contributed by atoms with Crippen molar-refractivity contribution < 1.29 is 24.5 Å². The highest BCUT2D eigenvalue weighted by Crippen LogP contribution is 2.27. The van der Waals surface area contributed by atoms with Gasteiger partial charge in [-0.1, -0.05) is 53.5 Å². The van der Waals surface area contributed by atoms with E-state index in [1.165, 1.54) is 6.08 Å². The molecule has 0 heterocycles. The molecule has 6 nitrogen and oxygen atoms in total. The number of rotatable bonds is 10. The number of amides is 1. The van der Waals surface area contributed by atoms with E-state index in [1.54, 1.807) is 25.1 Å². The maximum atomic E-state index is 12.1. The van der Waals surface area contributed by atoms with Crippen LogP contribution in [0.2, 0.25) is 10.0 Å². The van der Waals surface area contributed by atoms with Crippen LogP contribution < -0.4 is 5.32 Å². The topological polar surface area (TPSA) is 95.9 Å². The van der Waals surface area contributed by atoms with Gasteiger partial charge in [0, 0.05) is 16.5 Å². The summed E-state index contributed by atoms with van der Waals surface area (Å²) in [5, 5.41) is 24.3. The van der Waals surface area contributed by atoms with Crippen LogP contribution in [0.4, 0.5) is 0 Å². The van der Waals surface area contributed by atoms with Crippen LogP contribution in [0, 0.1) is 0 Å². The monoisotopic (exact) mass is 465 g/mol. The number of aliphatic hydroxyl groups is 2. The van der Waals surface area contributed by atoms with E-state index in [0.717, 1.165) is 16.7 Å². The third-order valence-corrected chi connectivity index (χ3v) is 4.98. The summed E-state index contributed by atoms with van der Waals surface area (Å²) in [4.78, 5) is 23.9. The minimum absolute atomic E-state index is 0.0349. The van der Waals surface area contributed by atoms with E-state index in [4.69, 9.17) is 27.9 Å². The minimum atomic E-state index is -1.79. The van der Waals surface area contributed by atoms with Crippen molar-refractivity contribution in [1.82, 2.24) is 5.32 Å². The summed E-state index contributed by atoms with van der Waals surface area (Å²) in [7, 11) is 0. The Morgan fingerprint density at radius 3 is 2.26 bits per heavy atom. The van der Waals surface area contributed by atoms with Gasteiger partial charge in [-0.15, -0.1) is 6.58 Å². The molecule has 3 N–H and O–H groups in total. The maximum absolute atomic E-state index is 12.1. The summed E-state index contributed by atoms with van der Waals surface area (Å²) in [5.41, 5.74) is 2.50. The van der Waals surface area contributed by atoms with Gasteiger partial charge in [-0.2, -0.15) is 0 Å². The van der Waals surface area contributed by atoms with Crippen LogP contribution in [0.3, 0.4) is 0 Å². The Bertz CT molecular complexity index is 896. The van der Waals surface area contributed by atoms with Crippen molar-refractivity contribution in [3.63, 3.8) is 0 Å². The highest BCUT2D eigenvalue weighted by Gasteiger charge is 2.33. The van der Waals surface area contributed by atoms with E-state index in [0.29, 0.717) is 10.0 Å². The van der Waals surface area contributed by atoms with Crippen molar-refractivity contribution in [2.75, 3.05) is 6.61 Å². The summed E-state index contributed by atoms with van der Waals surface area (Å²) < 4.78 is 4.76. The van der Waals surface area contributed by atoms with Gasteiger partial charge in [0.05, 0.1) is 12.6 Å². The smallest absolute Gasteiger partial charge is 0.337 e. The molecule has 2 rings (SSSR count). The Hall–Kier alpha value is -2.38. The molecule has 1 amide bonds. The molecule has 0 aliphatic carbocycles. The molecule has 2 aromatic rings. The minimum Gasteiger partial charge on any atom is -0.464 e. The van der Waals surface area contributed by atoms with Gasteiger partial charge in [-0.3, -0.25) is 4.79 Å². The first-order chi connectivity index (χ1) is 14.7. The lowest BCUT2D eigenvalue weighted by Gasteiger charge is -2.27. The van der Waals surface area contributed by atoms with Crippen molar-refractivity contribution in [2.24, 2.45) is 0 Å². The summed E-state index contributed by atoms with van der Waals surface area (Å²) in [6, 6.07) is 11.7. The number of carbonyl (C=O) groups excluding carboxylic acids is 2.